The number of nitrogens with zero attached hydrogens (tertiary/aromatic N) is 2. The number of halogens is 2. The van der Waals surface area contributed by atoms with Gasteiger partial charge in [0.1, 0.15) is 5.75 Å². The number of nitro benzene ring substituents is 1. The fourth-order valence-corrected chi connectivity index (χ4v) is 3.44. The van der Waals surface area contributed by atoms with Crippen LogP contribution in [0.5, 0.6) is 5.75 Å². The maximum Gasteiger partial charge on any atom is 0.270 e. The van der Waals surface area contributed by atoms with Gasteiger partial charge in [-0.05, 0) is 30.8 Å². The van der Waals surface area contributed by atoms with E-state index in [1.54, 1.807) is 12.1 Å². The molecule has 0 saturated heterocycles. The minimum absolute atomic E-state index is 0.0297. The van der Waals surface area contributed by atoms with Crippen molar-refractivity contribution in [1.82, 2.24) is 4.90 Å². The van der Waals surface area contributed by atoms with Gasteiger partial charge in [0.25, 0.3) is 5.69 Å². The maximum absolute atomic E-state index is 11.2. The first-order valence-electron chi connectivity index (χ1n) is 7.56. The van der Waals surface area contributed by atoms with Crippen molar-refractivity contribution in [3.05, 3.63) is 67.2 Å². The number of hydrogen-bond donors (Lipinski definition) is 0. The quantitative estimate of drug-likeness (QED) is 0.566. The molecule has 3 rings (SSSR count). The molecule has 132 valence electrons. The smallest absolute Gasteiger partial charge is 0.270 e. The highest BCUT2D eigenvalue weighted by molar-refractivity contribution is 6.34. The van der Waals surface area contributed by atoms with Crippen LogP contribution >= 0.6 is 23.2 Å². The Kier molecular flexibility index (Phi) is 5.44. The predicted octanol–water partition coefficient (Wildman–Crippen LogP) is 4.40. The fraction of sp³-hybridized carbons (Fsp3) is 0.294. The van der Waals surface area contributed by atoms with Crippen LogP contribution in [0.15, 0.2) is 30.3 Å². The van der Waals surface area contributed by atoms with Gasteiger partial charge in [0.15, 0.2) is 6.79 Å². The summed E-state index contributed by atoms with van der Waals surface area (Å²) in [6, 6.07) is 8.41. The number of benzene rings is 2. The lowest BCUT2D eigenvalue weighted by molar-refractivity contribution is -0.385. The standard InChI is InChI=1S/C17H16Cl2N2O4/c1-20(7-11-2-14(18)6-15(19)3-11)8-12-4-16(21(22)23)5-13-9-24-10-25-17(12)13/h2-6H,7-10H2,1H3. The average Bonchev–Trinajstić information content (AvgIpc) is 2.53. The zero-order valence-corrected chi connectivity index (χ0v) is 15.0. The lowest BCUT2D eigenvalue weighted by Gasteiger charge is -2.23. The topological polar surface area (TPSA) is 64.8 Å². The molecule has 0 saturated carbocycles. The minimum atomic E-state index is -0.408. The molecule has 1 aliphatic rings. The van der Waals surface area contributed by atoms with Gasteiger partial charge in [0.2, 0.25) is 0 Å². The van der Waals surface area contributed by atoms with Crippen molar-refractivity contribution in [2.75, 3.05) is 13.8 Å². The third-order valence-electron chi connectivity index (χ3n) is 3.80. The highest BCUT2D eigenvalue weighted by atomic mass is 35.5. The zero-order chi connectivity index (χ0) is 18.0. The predicted molar refractivity (Wildman–Crippen MR) is 95.0 cm³/mol. The van der Waals surface area contributed by atoms with Crippen molar-refractivity contribution in [1.29, 1.82) is 0 Å². The van der Waals surface area contributed by atoms with Crippen molar-refractivity contribution >= 4 is 28.9 Å². The van der Waals surface area contributed by atoms with Gasteiger partial charge in [-0.1, -0.05) is 23.2 Å². The maximum atomic E-state index is 11.2. The molecule has 1 heterocycles. The first-order chi connectivity index (χ1) is 11.9. The molecule has 2 aromatic carbocycles. The molecule has 0 atom stereocenters. The van der Waals surface area contributed by atoms with Gasteiger partial charge in [-0.15, -0.1) is 0 Å². The van der Waals surface area contributed by atoms with Gasteiger partial charge in [-0.3, -0.25) is 15.0 Å². The molecule has 2 aromatic rings. The van der Waals surface area contributed by atoms with E-state index in [1.165, 1.54) is 6.07 Å². The molecule has 25 heavy (non-hydrogen) atoms. The Bertz CT molecular complexity index is 793. The van der Waals surface area contributed by atoms with E-state index in [-0.39, 0.29) is 12.5 Å². The van der Waals surface area contributed by atoms with E-state index in [0.29, 0.717) is 41.1 Å². The Morgan fingerprint density at radius 1 is 1.16 bits per heavy atom. The number of rotatable bonds is 5. The molecule has 0 unspecified atom stereocenters. The van der Waals surface area contributed by atoms with Gasteiger partial charge < -0.3 is 9.47 Å². The molecule has 0 radical (unpaired) electrons. The molecule has 8 heteroatoms. The summed E-state index contributed by atoms with van der Waals surface area (Å²) in [5.74, 6) is 0.660. The SMILES string of the molecule is CN(Cc1cc(Cl)cc(Cl)c1)Cc1cc([N+](=O)[O-])cc2c1OCOC2. The second kappa shape index (κ2) is 7.58. The van der Waals surface area contributed by atoms with Crippen LogP contribution in [0.3, 0.4) is 0 Å². The Balaban J connectivity index is 1.83. The van der Waals surface area contributed by atoms with Crippen molar-refractivity contribution in [3.8, 4) is 5.75 Å². The first-order valence-corrected chi connectivity index (χ1v) is 8.32. The van der Waals surface area contributed by atoms with Crippen LogP contribution in [-0.2, 0) is 24.4 Å². The largest absolute Gasteiger partial charge is 0.467 e. The van der Waals surface area contributed by atoms with Crippen LogP contribution in [-0.4, -0.2) is 23.7 Å². The summed E-state index contributed by atoms with van der Waals surface area (Å²) in [4.78, 5) is 12.8. The molecule has 1 aliphatic heterocycles. The Morgan fingerprint density at radius 2 is 1.88 bits per heavy atom. The van der Waals surface area contributed by atoms with Crippen LogP contribution in [0.25, 0.3) is 0 Å². The number of fused-ring (bicyclic) bond motifs is 1. The Hall–Kier alpha value is -1.86. The summed E-state index contributed by atoms with van der Waals surface area (Å²) >= 11 is 12.1. The first kappa shape index (κ1) is 17.9. The molecular formula is C17H16Cl2N2O4. The second-order valence-corrected chi connectivity index (χ2v) is 6.78. The van der Waals surface area contributed by atoms with Crippen molar-refractivity contribution in [2.45, 2.75) is 19.7 Å². The van der Waals surface area contributed by atoms with Gasteiger partial charge >= 0.3 is 0 Å². The van der Waals surface area contributed by atoms with E-state index in [1.807, 2.05) is 24.1 Å². The molecule has 0 bridgehead atoms. The molecule has 0 fully saturated rings. The summed E-state index contributed by atoms with van der Waals surface area (Å²) in [5, 5.41) is 12.3. The summed E-state index contributed by atoms with van der Waals surface area (Å²) in [6.07, 6.45) is 0. The monoisotopic (exact) mass is 382 g/mol. The van der Waals surface area contributed by atoms with Gasteiger partial charge in [-0.25, -0.2) is 0 Å². The van der Waals surface area contributed by atoms with Gasteiger partial charge in [-0.2, -0.15) is 0 Å². The van der Waals surface area contributed by atoms with Crippen molar-refractivity contribution < 1.29 is 14.4 Å². The third-order valence-corrected chi connectivity index (χ3v) is 4.23. The number of ether oxygens (including phenoxy) is 2. The summed E-state index contributed by atoms with van der Waals surface area (Å²) < 4.78 is 10.8. The molecule has 6 nitrogen and oxygen atoms in total. The van der Waals surface area contributed by atoms with Crippen molar-refractivity contribution in [3.63, 3.8) is 0 Å². The highest BCUT2D eigenvalue weighted by Crippen LogP contribution is 2.33. The van der Waals surface area contributed by atoms with E-state index in [0.717, 1.165) is 11.1 Å². The molecule has 0 aromatic heterocycles. The molecule has 0 amide bonds. The third kappa shape index (κ3) is 4.41. The molecular weight excluding hydrogens is 367 g/mol. The van der Waals surface area contributed by atoms with E-state index in [4.69, 9.17) is 32.7 Å². The lowest BCUT2D eigenvalue weighted by atomic mass is 10.1. The van der Waals surface area contributed by atoms with Crippen molar-refractivity contribution in [2.24, 2.45) is 0 Å². The van der Waals surface area contributed by atoms with Gasteiger partial charge in [0.05, 0.1) is 11.5 Å². The minimum Gasteiger partial charge on any atom is -0.467 e. The van der Waals surface area contributed by atoms with Crippen LogP contribution in [0.4, 0.5) is 5.69 Å². The lowest BCUT2D eigenvalue weighted by Crippen LogP contribution is -2.20. The second-order valence-electron chi connectivity index (χ2n) is 5.91. The zero-order valence-electron chi connectivity index (χ0n) is 13.5. The fourth-order valence-electron chi connectivity index (χ4n) is 2.86. The molecule has 0 aliphatic carbocycles. The van der Waals surface area contributed by atoms with Crippen LogP contribution in [0.2, 0.25) is 10.0 Å². The van der Waals surface area contributed by atoms with Crippen LogP contribution < -0.4 is 4.74 Å². The van der Waals surface area contributed by atoms with Crippen LogP contribution in [0, 0.1) is 10.1 Å². The number of hydrogen-bond acceptors (Lipinski definition) is 5. The summed E-state index contributed by atoms with van der Waals surface area (Å²) in [5.41, 5.74) is 2.43. The Morgan fingerprint density at radius 3 is 2.56 bits per heavy atom. The van der Waals surface area contributed by atoms with E-state index in [9.17, 15) is 10.1 Å². The number of nitro groups is 1. The normalized spacial score (nSPS) is 13.4. The summed E-state index contributed by atoms with van der Waals surface area (Å²) in [7, 11) is 1.92. The van der Waals surface area contributed by atoms with Gasteiger partial charge in [0, 0.05) is 46.4 Å². The highest BCUT2D eigenvalue weighted by Gasteiger charge is 2.21. The molecule has 0 spiro atoms. The van der Waals surface area contributed by atoms with E-state index in [2.05, 4.69) is 0 Å². The molecule has 0 N–H and O–H groups in total. The van der Waals surface area contributed by atoms with E-state index >= 15 is 0 Å². The van der Waals surface area contributed by atoms with E-state index < -0.39 is 4.92 Å². The number of non-ortho nitro benzene ring substituents is 1. The average molecular weight is 383 g/mol. The Labute approximate surface area is 155 Å². The van der Waals surface area contributed by atoms with Crippen LogP contribution in [0.1, 0.15) is 16.7 Å². The summed E-state index contributed by atoms with van der Waals surface area (Å²) in [6.45, 7) is 1.52.